The molecular weight excluding hydrogens is 469 g/mol. The molecule has 1 fully saturated rings. The van der Waals surface area contributed by atoms with Crippen LogP contribution in [0.3, 0.4) is 0 Å². The van der Waals surface area contributed by atoms with E-state index >= 15 is 0 Å². The van der Waals surface area contributed by atoms with Crippen molar-refractivity contribution < 1.29 is 13.9 Å². The van der Waals surface area contributed by atoms with Crippen LogP contribution in [-0.2, 0) is 0 Å². The van der Waals surface area contributed by atoms with Crippen molar-refractivity contribution in [1.29, 1.82) is 5.26 Å². The highest BCUT2D eigenvalue weighted by atomic mass is 35.5. The first-order valence-corrected chi connectivity index (χ1v) is 11.7. The Morgan fingerprint density at radius 1 is 1.20 bits per heavy atom. The molecule has 35 heavy (non-hydrogen) atoms. The number of amides is 1. The largest absolute Gasteiger partial charge is 0.461 e. The molecule has 1 aromatic heterocycles. The van der Waals surface area contributed by atoms with Crippen LogP contribution in [0.15, 0.2) is 54.9 Å². The zero-order valence-corrected chi connectivity index (χ0v) is 20.2. The van der Waals surface area contributed by atoms with Crippen molar-refractivity contribution in [2.45, 2.75) is 38.5 Å². The third-order valence-corrected chi connectivity index (χ3v) is 6.01. The number of nitrogens with zero attached hydrogens (tertiary/aromatic N) is 4. The number of likely N-dealkylation sites (tertiary alicyclic amines) is 1. The number of carbonyl (C=O) groups is 1. The third-order valence-electron chi connectivity index (χ3n) is 5.75. The molecule has 7 nitrogen and oxygen atoms in total. The van der Waals surface area contributed by atoms with E-state index in [4.69, 9.17) is 21.6 Å². The molecule has 3 aromatic rings. The van der Waals surface area contributed by atoms with E-state index in [9.17, 15) is 9.18 Å². The molecule has 1 N–H and O–H groups in total. The summed E-state index contributed by atoms with van der Waals surface area (Å²) in [5.74, 6) is -1.21. The quantitative estimate of drug-likeness (QED) is 0.520. The van der Waals surface area contributed by atoms with Gasteiger partial charge < -0.3 is 10.1 Å². The summed E-state index contributed by atoms with van der Waals surface area (Å²) in [6.45, 7) is 5.09. The maximum Gasteiger partial charge on any atom is 0.316 e. The van der Waals surface area contributed by atoms with E-state index < -0.39 is 11.7 Å². The lowest BCUT2D eigenvalue weighted by Crippen LogP contribution is -2.38. The number of benzene rings is 2. The summed E-state index contributed by atoms with van der Waals surface area (Å²) >= 11 is 6.11. The van der Waals surface area contributed by atoms with Crippen LogP contribution in [0.1, 0.15) is 53.4 Å². The highest BCUT2D eigenvalue weighted by Crippen LogP contribution is 2.32. The molecule has 1 unspecified atom stereocenters. The second kappa shape index (κ2) is 10.8. The summed E-state index contributed by atoms with van der Waals surface area (Å²) in [7, 11) is 0. The molecule has 1 aliphatic heterocycles. The Kier molecular flexibility index (Phi) is 7.59. The highest BCUT2D eigenvalue weighted by molar-refractivity contribution is 6.30. The van der Waals surface area contributed by atoms with Crippen molar-refractivity contribution in [1.82, 2.24) is 20.2 Å². The average molecular weight is 494 g/mol. The minimum atomic E-state index is -0.712. The van der Waals surface area contributed by atoms with E-state index in [2.05, 4.69) is 20.2 Å². The molecule has 1 aliphatic rings. The molecule has 0 spiro atoms. The molecule has 0 radical (unpaired) electrons. The zero-order valence-electron chi connectivity index (χ0n) is 19.4. The summed E-state index contributed by atoms with van der Waals surface area (Å²) in [4.78, 5) is 23.7. The standard InChI is InChI=1S/C26H25ClFN5O2/c1-16(2)35-26-30-13-19(14-31-26)24(18-4-6-20(27)7-5-18)33-10-9-21(15-33)32-25(34)22-8-3-17(12-29)11-23(22)28/h3-8,11,13-14,16,21,24H,9-10,15H2,1-2H3,(H,32,34)/t21?,24-/m1/s1. The lowest BCUT2D eigenvalue weighted by atomic mass is 10.00. The summed E-state index contributed by atoms with van der Waals surface area (Å²) in [5, 5.41) is 12.5. The van der Waals surface area contributed by atoms with E-state index in [1.165, 1.54) is 12.1 Å². The van der Waals surface area contributed by atoms with Gasteiger partial charge in [0.1, 0.15) is 5.82 Å². The molecule has 2 heterocycles. The Hall–Kier alpha value is -3.54. The van der Waals surface area contributed by atoms with Crippen molar-refractivity contribution in [3.63, 3.8) is 0 Å². The van der Waals surface area contributed by atoms with Crippen LogP contribution in [-0.4, -0.2) is 46.0 Å². The van der Waals surface area contributed by atoms with Crippen LogP contribution in [0.2, 0.25) is 5.02 Å². The van der Waals surface area contributed by atoms with E-state index in [0.29, 0.717) is 30.5 Å². The molecule has 0 bridgehead atoms. The predicted molar refractivity (Wildman–Crippen MR) is 130 cm³/mol. The Balaban J connectivity index is 1.52. The fourth-order valence-electron chi connectivity index (χ4n) is 4.17. The van der Waals surface area contributed by atoms with E-state index in [1.54, 1.807) is 12.4 Å². The summed E-state index contributed by atoms with van der Waals surface area (Å²) in [6, 6.07) is 13.3. The van der Waals surface area contributed by atoms with Gasteiger partial charge in [-0.25, -0.2) is 14.4 Å². The highest BCUT2D eigenvalue weighted by Gasteiger charge is 2.32. The number of nitriles is 1. The molecule has 4 rings (SSSR count). The van der Waals surface area contributed by atoms with Gasteiger partial charge in [-0.3, -0.25) is 9.69 Å². The number of hydrogen-bond donors (Lipinski definition) is 1. The summed E-state index contributed by atoms with van der Waals surface area (Å²) < 4.78 is 19.9. The summed E-state index contributed by atoms with van der Waals surface area (Å²) in [5.41, 5.74) is 1.99. The lowest BCUT2D eigenvalue weighted by molar-refractivity contribution is 0.0932. The number of aromatic nitrogens is 2. The maximum atomic E-state index is 14.3. The molecule has 0 aliphatic carbocycles. The minimum Gasteiger partial charge on any atom is -0.461 e. The van der Waals surface area contributed by atoms with Gasteiger partial charge in [-0.15, -0.1) is 0 Å². The van der Waals surface area contributed by atoms with E-state index in [-0.39, 0.29) is 29.3 Å². The van der Waals surface area contributed by atoms with Crippen LogP contribution in [0.5, 0.6) is 6.01 Å². The van der Waals surface area contributed by atoms with Crippen molar-refractivity contribution in [2.75, 3.05) is 13.1 Å². The van der Waals surface area contributed by atoms with Crippen LogP contribution in [0.4, 0.5) is 4.39 Å². The van der Waals surface area contributed by atoms with Gasteiger partial charge in [-0.2, -0.15) is 5.26 Å². The van der Waals surface area contributed by atoms with Crippen LogP contribution in [0, 0.1) is 17.1 Å². The number of halogens is 2. The van der Waals surface area contributed by atoms with Gasteiger partial charge in [0.25, 0.3) is 5.91 Å². The molecule has 180 valence electrons. The normalized spacial score (nSPS) is 16.6. The van der Waals surface area contributed by atoms with Gasteiger partial charge in [0.2, 0.25) is 0 Å². The van der Waals surface area contributed by atoms with Crippen molar-refractivity contribution >= 4 is 17.5 Å². The van der Waals surface area contributed by atoms with Crippen molar-refractivity contribution in [3.05, 3.63) is 88.0 Å². The first-order chi connectivity index (χ1) is 16.8. The van der Waals surface area contributed by atoms with Gasteiger partial charge in [0.05, 0.1) is 29.3 Å². The molecule has 0 saturated carbocycles. The summed E-state index contributed by atoms with van der Waals surface area (Å²) in [6.07, 6.45) is 4.17. The first-order valence-electron chi connectivity index (χ1n) is 11.3. The van der Waals surface area contributed by atoms with Gasteiger partial charge >= 0.3 is 6.01 Å². The molecule has 2 aromatic carbocycles. The van der Waals surface area contributed by atoms with E-state index in [1.807, 2.05) is 44.2 Å². The Morgan fingerprint density at radius 2 is 1.91 bits per heavy atom. The minimum absolute atomic E-state index is 0.0307. The first kappa shape index (κ1) is 24.6. The van der Waals surface area contributed by atoms with Gasteiger partial charge in [0.15, 0.2) is 0 Å². The number of hydrogen-bond acceptors (Lipinski definition) is 6. The predicted octanol–water partition coefficient (Wildman–Crippen LogP) is 4.52. The third kappa shape index (κ3) is 5.94. The molecule has 1 saturated heterocycles. The number of nitrogens with one attached hydrogen (secondary N) is 1. The van der Waals surface area contributed by atoms with Crippen LogP contribution < -0.4 is 10.1 Å². The maximum absolute atomic E-state index is 14.3. The van der Waals surface area contributed by atoms with Crippen molar-refractivity contribution in [2.24, 2.45) is 0 Å². The van der Waals surface area contributed by atoms with Gasteiger partial charge in [0, 0.05) is 42.1 Å². The fourth-order valence-corrected chi connectivity index (χ4v) is 4.30. The lowest BCUT2D eigenvalue weighted by Gasteiger charge is -2.28. The van der Waals surface area contributed by atoms with Gasteiger partial charge in [-0.1, -0.05) is 23.7 Å². The SMILES string of the molecule is CC(C)Oc1ncc([C@@H](c2ccc(Cl)cc2)N2CCC(NC(=O)c3ccc(C#N)cc3F)C2)cn1. The van der Waals surface area contributed by atoms with Crippen LogP contribution >= 0.6 is 11.6 Å². The number of ether oxygens (including phenoxy) is 1. The molecule has 9 heteroatoms. The second-order valence-corrected chi connectivity index (χ2v) is 9.12. The molecule has 2 atom stereocenters. The fraction of sp³-hybridized carbons (Fsp3) is 0.308. The number of rotatable bonds is 7. The van der Waals surface area contributed by atoms with Gasteiger partial charge in [-0.05, 0) is 56.2 Å². The van der Waals surface area contributed by atoms with Crippen LogP contribution in [0.25, 0.3) is 0 Å². The van der Waals surface area contributed by atoms with Crippen molar-refractivity contribution in [3.8, 4) is 12.1 Å². The molecular formula is C26H25ClFN5O2. The monoisotopic (exact) mass is 493 g/mol. The molecule has 1 amide bonds. The average Bonchev–Trinajstić information content (AvgIpc) is 3.28. The second-order valence-electron chi connectivity index (χ2n) is 8.68. The smallest absolute Gasteiger partial charge is 0.316 e. The zero-order chi connectivity index (χ0) is 24.9. The topological polar surface area (TPSA) is 91.1 Å². The Labute approximate surface area is 208 Å². The van der Waals surface area contributed by atoms with E-state index in [0.717, 1.165) is 17.2 Å². The Morgan fingerprint density at radius 3 is 2.54 bits per heavy atom. The Bertz CT molecular complexity index is 1230. The number of carbonyl (C=O) groups excluding carboxylic acids is 1.